The summed E-state index contributed by atoms with van der Waals surface area (Å²) in [5.41, 5.74) is -1.07. The molecule has 5 heteroatoms. The topological polar surface area (TPSA) is 36.9 Å². The summed E-state index contributed by atoms with van der Waals surface area (Å²) in [5, 5.41) is 0. The molecule has 4 atom stereocenters. The molecule has 2 radical (unpaired) electrons. The number of methoxy groups -OCH3 is 2. The molecule has 2 aliphatic heterocycles. The Morgan fingerprint density at radius 2 is 2.21 bits per heavy atom. The summed E-state index contributed by atoms with van der Waals surface area (Å²) in [5.74, 6) is 0. The van der Waals surface area contributed by atoms with Crippen LogP contribution in [-0.2, 0) is 18.9 Å². The summed E-state index contributed by atoms with van der Waals surface area (Å²) in [4.78, 5) is 0. The van der Waals surface area contributed by atoms with E-state index in [9.17, 15) is 0 Å². The molecule has 0 unspecified atom stereocenters. The third-order valence-electron chi connectivity index (χ3n) is 3.41. The van der Waals surface area contributed by atoms with Gasteiger partial charge in [-0.3, -0.25) is 0 Å². The SMILES string of the molecule is [B][C@@H]1O[C@]2(COC)CO[C@H]1[C@@]2(C)OC. The van der Waals surface area contributed by atoms with Crippen molar-refractivity contribution in [3.05, 3.63) is 0 Å². The summed E-state index contributed by atoms with van der Waals surface area (Å²) in [6, 6.07) is -0.427. The molecule has 0 N–H and O–H groups in total. The van der Waals surface area contributed by atoms with E-state index in [0.717, 1.165) is 0 Å². The number of fused-ring (bicyclic) bond motifs is 2. The average Bonchev–Trinajstić information content (AvgIpc) is 2.53. The smallest absolute Gasteiger partial charge is 0.145 e. The van der Waals surface area contributed by atoms with Gasteiger partial charge in [-0.25, -0.2) is 0 Å². The van der Waals surface area contributed by atoms with E-state index in [1.165, 1.54) is 0 Å². The van der Waals surface area contributed by atoms with Gasteiger partial charge in [0.1, 0.15) is 25.2 Å². The Labute approximate surface area is 85.3 Å². The highest BCUT2D eigenvalue weighted by atomic mass is 16.7. The van der Waals surface area contributed by atoms with Crippen molar-refractivity contribution in [1.29, 1.82) is 0 Å². The molecule has 2 saturated heterocycles. The fraction of sp³-hybridized carbons (Fsp3) is 1.00. The first-order valence-electron chi connectivity index (χ1n) is 4.69. The van der Waals surface area contributed by atoms with Gasteiger partial charge in [-0.2, -0.15) is 0 Å². The van der Waals surface area contributed by atoms with Crippen molar-refractivity contribution in [2.45, 2.75) is 30.2 Å². The Morgan fingerprint density at radius 1 is 1.50 bits per heavy atom. The summed E-state index contributed by atoms with van der Waals surface area (Å²) in [6.07, 6.45) is -0.206. The predicted molar refractivity (Wildman–Crippen MR) is 50.4 cm³/mol. The second-order valence-corrected chi connectivity index (χ2v) is 4.05. The van der Waals surface area contributed by atoms with E-state index in [2.05, 4.69) is 0 Å². The molecule has 14 heavy (non-hydrogen) atoms. The maximum Gasteiger partial charge on any atom is 0.145 e. The molecule has 0 saturated carbocycles. The van der Waals surface area contributed by atoms with Crippen LogP contribution >= 0.6 is 0 Å². The third kappa shape index (κ3) is 1.04. The summed E-state index contributed by atoms with van der Waals surface area (Å²) < 4.78 is 21.9. The predicted octanol–water partition coefficient (Wildman–Crippen LogP) is -0.300. The molecule has 4 nitrogen and oxygen atoms in total. The molecular weight excluding hydrogens is 183 g/mol. The van der Waals surface area contributed by atoms with Gasteiger partial charge in [-0.05, 0) is 6.92 Å². The zero-order chi connectivity index (χ0) is 10.4. The summed E-state index contributed by atoms with van der Waals surface area (Å²) in [7, 11) is 9.08. The second kappa shape index (κ2) is 3.20. The fourth-order valence-electron chi connectivity index (χ4n) is 2.42. The first kappa shape index (κ1) is 10.4. The maximum absolute atomic E-state index is 5.80. The van der Waals surface area contributed by atoms with Crippen LogP contribution in [0.5, 0.6) is 0 Å². The number of ether oxygens (including phenoxy) is 4. The number of hydrogen-bond donors (Lipinski definition) is 0. The van der Waals surface area contributed by atoms with Crippen LogP contribution < -0.4 is 0 Å². The molecule has 0 amide bonds. The minimum Gasteiger partial charge on any atom is -0.381 e. The Morgan fingerprint density at radius 3 is 2.71 bits per heavy atom. The van der Waals surface area contributed by atoms with E-state index < -0.39 is 17.2 Å². The molecule has 2 heterocycles. The van der Waals surface area contributed by atoms with Crippen LogP contribution in [0, 0.1) is 0 Å². The van der Waals surface area contributed by atoms with Gasteiger partial charge in [0, 0.05) is 20.2 Å². The first-order valence-corrected chi connectivity index (χ1v) is 4.69. The molecule has 2 aliphatic rings. The van der Waals surface area contributed by atoms with E-state index in [-0.39, 0.29) is 6.10 Å². The van der Waals surface area contributed by atoms with Gasteiger partial charge in [0.25, 0.3) is 0 Å². The molecule has 78 valence electrons. The van der Waals surface area contributed by atoms with Crippen molar-refractivity contribution < 1.29 is 18.9 Å². The van der Waals surface area contributed by atoms with Crippen LogP contribution in [0.4, 0.5) is 0 Å². The van der Waals surface area contributed by atoms with E-state index in [1.54, 1.807) is 14.2 Å². The lowest BCUT2D eigenvalue weighted by Crippen LogP contribution is -2.54. The minimum absolute atomic E-state index is 0.206. The minimum atomic E-state index is -0.555. The number of rotatable bonds is 3. The van der Waals surface area contributed by atoms with E-state index in [1.807, 2.05) is 6.92 Å². The molecule has 2 fully saturated rings. The fourth-order valence-corrected chi connectivity index (χ4v) is 2.42. The molecule has 0 aromatic carbocycles. The quantitative estimate of drug-likeness (QED) is 0.583. The molecule has 0 aromatic heterocycles. The van der Waals surface area contributed by atoms with Crippen molar-refractivity contribution in [3.8, 4) is 0 Å². The Hall–Kier alpha value is -0.0951. The van der Waals surface area contributed by atoms with Crippen LogP contribution in [0.15, 0.2) is 0 Å². The monoisotopic (exact) mass is 198 g/mol. The highest BCUT2D eigenvalue weighted by Gasteiger charge is 2.68. The third-order valence-corrected chi connectivity index (χ3v) is 3.41. The maximum atomic E-state index is 5.80. The molecule has 2 bridgehead atoms. The van der Waals surface area contributed by atoms with E-state index in [0.29, 0.717) is 13.2 Å². The highest BCUT2D eigenvalue weighted by Crippen LogP contribution is 2.48. The van der Waals surface area contributed by atoms with Crippen LogP contribution in [0.1, 0.15) is 6.92 Å². The van der Waals surface area contributed by atoms with Gasteiger partial charge < -0.3 is 18.9 Å². The van der Waals surface area contributed by atoms with Gasteiger partial charge in [0.2, 0.25) is 0 Å². The highest BCUT2D eigenvalue weighted by molar-refractivity contribution is 6.12. The normalized spacial score (nSPS) is 51.4. The van der Waals surface area contributed by atoms with E-state index in [4.69, 9.17) is 26.8 Å². The van der Waals surface area contributed by atoms with E-state index >= 15 is 0 Å². The van der Waals surface area contributed by atoms with Crippen molar-refractivity contribution in [1.82, 2.24) is 0 Å². The lowest BCUT2D eigenvalue weighted by atomic mass is 9.81. The summed E-state index contributed by atoms with van der Waals surface area (Å²) >= 11 is 0. The molecule has 0 spiro atoms. The Bertz CT molecular complexity index is 237. The second-order valence-electron chi connectivity index (χ2n) is 4.05. The molecular formula is C9H15BO4. The lowest BCUT2D eigenvalue weighted by molar-refractivity contribution is -0.159. The zero-order valence-electron chi connectivity index (χ0n) is 8.78. The van der Waals surface area contributed by atoms with Crippen LogP contribution in [0.25, 0.3) is 0 Å². The van der Waals surface area contributed by atoms with Crippen LogP contribution in [-0.4, -0.2) is 58.6 Å². The molecule has 0 aromatic rings. The van der Waals surface area contributed by atoms with Crippen LogP contribution in [0.3, 0.4) is 0 Å². The van der Waals surface area contributed by atoms with Crippen molar-refractivity contribution in [3.63, 3.8) is 0 Å². The Kier molecular flexibility index (Phi) is 2.38. The van der Waals surface area contributed by atoms with Gasteiger partial charge in [-0.15, -0.1) is 0 Å². The van der Waals surface area contributed by atoms with Gasteiger partial charge in [0.05, 0.1) is 13.2 Å². The molecule has 0 aliphatic carbocycles. The average molecular weight is 198 g/mol. The van der Waals surface area contributed by atoms with Gasteiger partial charge >= 0.3 is 0 Å². The molecule has 2 rings (SSSR count). The Balaban J connectivity index is 2.31. The zero-order valence-corrected chi connectivity index (χ0v) is 8.78. The standard InChI is InChI=1S/C9H15BO4/c1-8(12-3)6-7(10)14-9(8,4-11-2)5-13-6/h6-7H,4-5H2,1-3H3/t6-,7-,8-,9-/m1/s1. The van der Waals surface area contributed by atoms with Gasteiger partial charge in [0.15, 0.2) is 0 Å². The largest absolute Gasteiger partial charge is 0.381 e. The first-order chi connectivity index (χ1) is 6.59. The van der Waals surface area contributed by atoms with Crippen LogP contribution in [0.2, 0.25) is 0 Å². The van der Waals surface area contributed by atoms with Crippen molar-refractivity contribution in [2.75, 3.05) is 27.4 Å². The lowest BCUT2D eigenvalue weighted by Gasteiger charge is -2.35. The van der Waals surface area contributed by atoms with Crippen molar-refractivity contribution >= 4 is 7.85 Å². The van der Waals surface area contributed by atoms with Gasteiger partial charge in [-0.1, -0.05) is 0 Å². The summed E-state index contributed by atoms with van der Waals surface area (Å²) in [6.45, 7) is 2.86. The van der Waals surface area contributed by atoms with Crippen molar-refractivity contribution in [2.24, 2.45) is 0 Å². The number of hydrogen-bond acceptors (Lipinski definition) is 4.